The molecule has 0 heterocycles. The molecule has 0 aromatic carbocycles. The van der Waals surface area contributed by atoms with E-state index in [0.29, 0.717) is 0 Å². The highest BCUT2D eigenvalue weighted by Gasteiger charge is 2.26. The molecule has 0 saturated carbocycles. The standard InChI is InChI=1S/2C12H27N.CH5BrO6P2/c2*1-4-7-10-13(11-8-5-2)12-9-6-3;2-1(9(3,4)5)10(6,7)8/h2*4-12H2,1-3H3;1H,(H2,3,4,5)(H2,6,7,8). The lowest BCUT2D eigenvalue weighted by atomic mass is 10.2. The summed E-state index contributed by atoms with van der Waals surface area (Å²) >= 11 is 2.07. The maximum absolute atomic E-state index is 9.98. The number of nitrogens with one attached hydrogen (secondary N) is 2. The molecule has 0 spiro atoms. The summed E-state index contributed by atoms with van der Waals surface area (Å²) in [7, 11) is -10.1. The lowest BCUT2D eigenvalue weighted by molar-refractivity contribution is -0.900. The van der Waals surface area contributed by atoms with E-state index in [0.717, 1.165) is 0 Å². The first kappa shape index (κ1) is 41.2. The van der Waals surface area contributed by atoms with Gasteiger partial charge in [-0.05, 0) is 38.5 Å². The summed E-state index contributed by atoms with van der Waals surface area (Å²) in [5.74, 6) is 0. The highest BCUT2D eigenvalue weighted by atomic mass is 79.9. The summed E-state index contributed by atoms with van der Waals surface area (Å²) in [6, 6.07) is 0. The number of halogens is 1. The molecule has 0 aliphatic rings. The van der Waals surface area contributed by atoms with Crippen molar-refractivity contribution in [3.63, 3.8) is 0 Å². The molecule has 222 valence electrons. The second-order valence-corrected chi connectivity index (χ2v) is 15.6. The molecule has 2 atom stereocenters. The first-order chi connectivity index (χ1) is 16.8. The van der Waals surface area contributed by atoms with Crippen LogP contribution in [0, 0.1) is 0 Å². The van der Waals surface area contributed by atoms with E-state index in [2.05, 4.69) is 57.5 Å². The zero-order valence-electron chi connectivity index (χ0n) is 24.1. The van der Waals surface area contributed by atoms with Crippen LogP contribution in [0.3, 0.4) is 0 Å². The molecule has 0 aromatic heterocycles. The molecule has 0 fully saturated rings. The second kappa shape index (κ2) is 27.3. The van der Waals surface area contributed by atoms with Gasteiger partial charge in [0.1, 0.15) is 4.31 Å². The van der Waals surface area contributed by atoms with Crippen LogP contribution in [0.15, 0.2) is 0 Å². The van der Waals surface area contributed by atoms with Gasteiger partial charge in [-0.2, -0.15) is 0 Å². The van der Waals surface area contributed by atoms with E-state index in [1.54, 1.807) is 0 Å². The molecule has 0 rings (SSSR count). The van der Waals surface area contributed by atoms with Crippen LogP contribution >= 0.6 is 31.1 Å². The molecule has 0 aliphatic carbocycles. The molecular weight excluding hydrogens is 566 g/mol. The van der Waals surface area contributed by atoms with E-state index < -0.39 is 19.5 Å². The highest BCUT2D eigenvalue weighted by Crippen LogP contribution is 2.58. The summed E-state index contributed by atoms with van der Waals surface area (Å²) in [6.45, 7) is 22.1. The lowest BCUT2D eigenvalue weighted by Crippen LogP contribution is -3.12. The molecule has 0 aromatic rings. The van der Waals surface area contributed by atoms with Crippen LogP contribution in [0.1, 0.15) is 119 Å². The van der Waals surface area contributed by atoms with E-state index in [4.69, 9.17) is 9.79 Å². The molecule has 36 heavy (non-hydrogen) atoms. The Morgan fingerprint density at radius 3 is 0.806 bits per heavy atom. The molecule has 4 N–H and O–H groups in total. The highest BCUT2D eigenvalue weighted by molar-refractivity contribution is 9.12. The summed E-state index contributed by atoms with van der Waals surface area (Å²) in [6.07, 6.45) is 16.5. The van der Waals surface area contributed by atoms with Crippen molar-refractivity contribution in [1.82, 2.24) is 0 Å². The summed E-state index contributed by atoms with van der Waals surface area (Å²) in [5, 5.41) is 0. The molecule has 2 unspecified atom stereocenters. The normalized spacial score (nSPS) is 15.4. The van der Waals surface area contributed by atoms with Gasteiger partial charge in [-0.3, -0.25) is 0 Å². The summed E-state index contributed by atoms with van der Waals surface area (Å²) < 4.78 is 17.7. The van der Waals surface area contributed by atoms with Gasteiger partial charge in [-0.25, -0.2) is 0 Å². The second-order valence-electron chi connectivity index (χ2n) is 9.56. The third kappa shape index (κ3) is 29.3. The fourth-order valence-electron chi connectivity index (χ4n) is 3.50. The molecule has 8 nitrogen and oxygen atoms in total. The van der Waals surface area contributed by atoms with Crippen molar-refractivity contribution in [2.75, 3.05) is 39.3 Å². The smallest absolute Gasteiger partial charge is 0.154 e. The minimum atomic E-state index is -5.04. The largest absolute Gasteiger partial charge is 0.777 e. The molecule has 0 amide bonds. The van der Waals surface area contributed by atoms with E-state index in [1.807, 2.05) is 9.80 Å². The van der Waals surface area contributed by atoms with Crippen LogP contribution in [0.2, 0.25) is 0 Å². The van der Waals surface area contributed by atoms with Gasteiger partial charge in [-0.1, -0.05) is 96.0 Å². The number of rotatable bonds is 20. The van der Waals surface area contributed by atoms with E-state index in [1.165, 1.54) is 116 Å². The summed E-state index contributed by atoms with van der Waals surface area (Å²) in [4.78, 5) is 39.7. The van der Waals surface area contributed by atoms with Gasteiger partial charge in [0.2, 0.25) is 0 Å². The fourth-order valence-corrected chi connectivity index (χ4v) is 4.97. The van der Waals surface area contributed by atoms with E-state index in [-0.39, 0.29) is 0 Å². The van der Waals surface area contributed by atoms with Gasteiger partial charge in [0, 0.05) is 0 Å². The first-order valence-electron chi connectivity index (χ1n) is 14.2. The van der Waals surface area contributed by atoms with Crippen LogP contribution in [0.25, 0.3) is 0 Å². The maximum atomic E-state index is 9.98. The van der Waals surface area contributed by atoms with Gasteiger partial charge >= 0.3 is 0 Å². The Morgan fingerprint density at radius 1 is 0.556 bits per heavy atom. The zero-order valence-corrected chi connectivity index (χ0v) is 27.5. The molecular formula is C25H59BrN2O6P2. The Labute approximate surface area is 231 Å². The molecule has 0 radical (unpaired) electrons. The van der Waals surface area contributed by atoms with E-state index >= 15 is 0 Å². The van der Waals surface area contributed by atoms with Gasteiger partial charge in [-0.15, -0.1) is 0 Å². The van der Waals surface area contributed by atoms with Crippen LogP contribution < -0.4 is 19.6 Å². The number of hydrogen-bond acceptors (Lipinski definition) is 4. The number of hydrogen-bond donors (Lipinski definition) is 4. The molecule has 0 saturated heterocycles. The van der Waals surface area contributed by atoms with Crippen molar-refractivity contribution in [3.05, 3.63) is 0 Å². The quantitative estimate of drug-likeness (QED) is 0.121. The van der Waals surface area contributed by atoms with Gasteiger partial charge in [0.05, 0.1) is 39.3 Å². The molecule has 11 heteroatoms. The van der Waals surface area contributed by atoms with Crippen LogP contribution in [-0.2, 0) is 9.13 Å². The first-order valence-corrected chi connectivity index (χ1v) is 18.4. The van der Waals surface area contributed by atoms with Crippen LogP contribution in [0.4, 0.5) is 0 Å². The Balaban J connectivity index is -0.000000459. The van der Waals surface area contributed by atoms with Crippen LogP contribution in [-0.4, -0.2) is 53.4 Å². The average molecular weight is 626 g/mol. The third-order valence-electron chi connectivity index (χ3n) is 5.84. The Kier molecular flexibility index (Phi) is 31.2. The van der Waals surface area contributed by atoms with Crippen molar-refractivity contribution < 1.29 is 38.5 Å². The Morgan fingerprint density at radius 2 is 0.722 bits per heavy atom. The predicted molar refractivity (Wildman–Crippen MR) is 153 cm³/mol. The minimum absolute atomic E-state index is 1.35. The summed E-state index contributed by atoms with van der Waals surface area (Å²) in [5.41, 5.74) is 0. The van der Waals surface area contributed by atoms with Crippen molar-refractivity contribution in [1.29, 1.82) is 0 Å². The monoisotopic (exact) mass is 624 g/mol. The predicted octanol–water partition coefficient (Wildman–Crippen LogP) is 3.30. The van der Waals surface area contributed by atoms with E-state index in [9.17, 15) is 18.9 Å². The fraction of sp³-hybridized carbons (Fsp3) is 1.00. The van der Waals surface area contributed by atoms with Crippen molar-refractivity contribution >= 4 is 31.1 Å². The number of quaternary nitrogens is 2. The molecule has 0 aliphatic heterocycles. The van der Waals surface area contributed by atoms with Crippen LogP contribution in [0.5, 0.6) is 0 Å². The average Bonchev–Trinajstić information content (AvgIpc) is 2.82. The zero-order chi connectivity index (χ0) is 28.5. The minimum Gasteiger partial charge on any atom is -0.777 e. The van der Waals surface area contributed by atoms with Crippen molar-refractivity contribution in [2.24, 2.45) is 0 Å². The SMILES string of the molecule is CCCC[NH+](CCCC)CCCC.CCCC[NH+](CCCC)CCCC.O=P([O-])(O)C(Br)P(=O)([O-])O. The van der Waals surface area contributed by atoms with Crippen molar-refractivity contribution in [2.45, 2.75) is 123 Å². The number of unbranched alkanes of at least 4 members (excludes halogenated alkanes) is 6. The number of alkyl halides is 1. The topological polar surface area (TPSA) is 130 Å². The van der Waals surface area contributed by atoms with Gasteiger partial charge in [0.15, 0.2) is 15.2 Å². The van der Waals surface area contributed by atoms with Crippen molar-refractivity contribution in [3.8, 4) is 0 Å². The maximum Gasteiger partial charge on any atom is 0.154 e. The Bertz CT molecular complexity index is 465. The molecule has 0 bridgehead atoms. The lowest BCUT2D eigenvalue weighted by Gasteiger charge is -2.29. The van der Waals surface area contributed by atoms with Gasteiger partial charge < -0.3 is 38.5 Å². The third-order valence-corrected chi connectivity index (χ3v) is 11.8. The Hall–Kier alpha value is 0.700. The van der Waals surface area contributed by atoms with Gasteiger partial charge in [0.25, 0.3) is 0 Å².